The van der Waals surface area contributed by atoms with Crippen LogP contribution in [0.3, 0.4) is 0 Å². The molecule has 0 aliphatic carbocycles. The quantitative estimate of drug-likeness (QED) is 0.688. The molecule has 0 N–H and O–H groups in total. The van der Waals surface area contributed by atoms with Crippen molar-refractivity contribution in [1.82, 2.24) is 14.7 Å². The monoisotopic (exact) mass is 395 g/mol. The number of piperazine rings is 1. The topological polar surface area (TPSA) is 36.0 Å². The third-order valence-electron chi connectivity index (χ3n) is 5.85. The van der Waals surface area contributed by atoms with Crippen molar-refractivity contribution in [3.8, 4) is 5.75 Å². The van der Waals surface area contributed by atoms with E-state index in [1.54, 1.807) is 7.11 Å². The predicted octanol–water partition coefficient (Wildman–Crippen LogP) is 3.07. The lowest BCUT2D eigenvalue weighted by Gasteiger charge is -2.38. The zero-order chi connectivity index (χ0) is 20.6. The largest absolute Gasteiger partial charge is 0.497 e. The average Bonchev–Trinajstić information content (AvgIpc) is 2.79. The number of carbonyl (C=O) groups is 1. The van der Waals surface area contributed by atoms with Gasteiger partial charge in [0.2, 0.25) is 5.91 Å². The minimum atomic E-state index is -0.202. The standard InChI is InChI=1S/C24H33N3O2/c1-4-25(2)23(21-8-6-5-7-9-21)24(28)27-18-16-26(17-19-27)15-14-20-10-12-22(29-3)13-11-20/h5-13,23H,4,14-19H2,1-3H3. The van der Waals surface area contributed by atoms with Crippen molar-refractivity contribution in [2.75, 3.05) is 53.4 Å². The van der Waals surface area contributed by atoms with Crippen LogP contribution in [0.15, 0.2) is 54.6 Å². The van der Waals surface area contributed by atoms with Gasteiger partial charge in [-0.2, -0.15) is 0 Å². The van der Waals surface area contributed by atoms with E-state index in [9.17, 15) is 4.79 Å². The van der Waals surface area contributed by atoms with Crippen LogP contribution in [0, 0.1) is 0 Å². The summed E-state index contributed by atoms with van der Waals surface area (Å²) in [5.74, 6) is 1.11. The summed E-state index contributed by atoms with van der Waals surface area (Å²) in [6, 6.07) is 18.2. The molecule has 1 aliphatic rings. The van der Waals surface area contributed by atoms with Gasteiger partial charge in [-0.1, -0.05) is 49.4 Å². The summed E-state index contributed by atoms with van der Waals surface area (Å²) in [5.41, 5.74) is 2.39. The zero-order valence-electron chi connectivity index (χ0n) is 17.9. The first kappa shape index (κ1) is 21.3. The molecule has 3 rings (SSSR count). The third kappa shape index (κ3) is 5.58. The summed E-state index contributed by atoms with van der Waals surface area (Å²) in [6.07, 6.45) is 1.02. The van der Waals surface area contributed by atoms with Crippen LogP contribution in [0.25, 0.3) is 0 Å². The molecule has 0 aromatic heterocycles. The van der Waals surface area contributed by atoms with E-state index in [1.807, 2.05) is 42.3 Å². The van der Waals surface area contributed by atoms with Crippen LogP contribution >= 0.6 is 0 Å². The van der Waals surface area contributed by atoms with Crippen molar-refractivity contribution >= 4 is 5.91 Å². The third-order valence-corrected chi connectivity index (χ3v) is 5.85. The van der Waals surface area contributed by atoms with E-state index in [0.717, 1.165) is 57.0 Å². The van der Waals surface area contributed by atoms with Crippen LogP contribution in [-0.4, -0.2) is 74.0 Å². The van der Waals surface area contributed by atoms with E-state index in [4.69, 9.17) is 4.74 Å². The number of amides is 1. The Balaban J connectivity index is 1.53. The van der Waals surface area contributed by atoms with Gasteiger partial charge in [-0.15, -0.1) is 0 Å². The summed E-state index contributed by atoms with van der Waals surface area (Å²) in [6.45, 7) is 7.40. The first-order valence-corrected chi connectivity index (χ1v) is 10.5. The number of hydrogen-bond acceptors (Lipinski definition) is 4. The molecule has 1 atom stereocenters. The molecule has 5 nitrogen and oxygen atoms in total. The van der Waals surface area contributed by atoms with E-state index in [2.05, 4.69) is 41.0 Å². The molecule has 0 spiro atoms. The molecule has 1 fully saturated rings. The molecule has 2 aromatic carbocycles. The molecule has 2 aromatic rings. The van der Waals surface area contributed by atoms with Crippen LogP contribution < -0.4 is 4.74 Å². The van der Waals surface area contributed by atoms with Gasteiger partial charge in [-0.25, -0.2) is 0 Å². The zero-order valence-corrected chi connectivity index (χ0v) is 17.9. The number of carbonyl (C=O) groups excluding carboxylic acids is 1. The Kier molecular flexibility index (Phi) is 7.67. The lowest BCUT2D eigenvalue weighted by atomic mass is 10.0. The van der Waals surface area contributed by atoms with E-state index >= 15 is 0 Å². The lowest BCUT2D eigenvalue weighted by Crippen LogP contribution is -2.52. The smallest absolute Gasteiger partial charge is 0.244 e. The molecular formula is C24H33N3O2. The second kappa shape index (κ2) is 10.4. The van der Waals surface area contributed by atoms with Crippen LogP contribution in [0.1, 0.15) is 24.1 Å². The maximum absolute atomic E-state index is 13.3. The van der Waals surface area contributed by atoms with Gasteiger partial charge in [0, 0.05) is 32.7 Å². The van der Waals surface area contributed by atoms with Gasteiger partial charge in [-0.05, 0) is 43.3 Å². The number of hydrogen-bond donors (Lipinski definition) is 0. The lowest BCUT2D eigenvalue weighted by molar-refractivity contribution is -0.138. The Bertz CT molecular complexity index is 755. The summed E-state index contributed by atoms with van der Waals surface area (Å²) < 4.78 is 5.22. The average molecular weight is 396 g/mol. The Labute approximate surface area is 174 Å². The molecule has 29 heavy (non-hydrogen) atoms. The highest BCUT2D eigenvalue weighted by molar-refractivity contribution is 5.83. The van der Waals surface area contributed by atoms with Gasteiger partial charge < -0.3 is 9.64 Å². The number of likely N-dealkylation sites (N-methyl/N-ethyl adjacent to an activating group) is 1. The number of benzene rings is 2. The van der Waals surface area contributed by atoms with E-state index in [1.165, 1.54) is 5.56 Å². The molecular weight excluding hydrogens is 362 g/mol. The SMILES string of the molecule is CCN(C)C(C(=O)N1CCN(CCc2ccc(OC)cc2)CC1)c1ccccc1. The van der Waals surface area contributed by atoms with Crippen molar-refractivity contribution in [1.29, 1.82) is 0 Å². The minimum absolute atomic E-state index is 0.202. The van der Waals surface area contributed by atoms with Crippen molar-refractivity contribution in [3.05, 3.63) is 65.7 Å². The summed E-state index contributed by atoms with van der Waals surface area (Å²) in [5, 5.41) is 0. The fourth-order valence-electron chi connectivity index (χ4n) is 3.85. The number of rotatable bonds is 8. The van der Waals surface area contributed by atoms with Gasteiger partial charge >= 0.3 is 0 Å². The summed E-state index contributed by atoms with van der Waals surface area (Å²) >= 11 is 0. The first-order valence-electron chi connectivity index (χ1n) is 10.5. The highest BCUT2D eigenvalue weighted by Gasteiger charge is 2.30. The Hall–Kier alpha value is -2.37. The molecule has 156 valence electrons. The minimum Gasteiger partial charge on any atom is -0.497 e. The number of methoxy groups -OCH3 is 1. The second-order valence-electron chi connectivity index (χ2n) is 7.65. The predicted molar refractivity (Wildman–Crippen MR) is 117 cm³/mol. The van der Waals surface area contributed by atoms with Crippen molar-refractivity contribution < 1.29 is 9.53 Å². The van der Waals surface area contributed by atoms with Crippen LogP contribution in [0.5, 0.6) is 5.75 Å². The molecule has 0 radical (unpaired) electrons. The molecule has 1 heterocycles. The normalized spacial score (nSPS) is 16.1. The fraction of sp³-hybridized carbons (Fsp3) is 0.458. The second-order valence-corrected chi connectivity index (χ2v) is 7.65. The maximum Gasteiger partial charge on any atom is 0.244 e. The molecule has 1 aliphatic heterocycles. The van der Waals surface area contributed by atoms with Crippen molar-refractivity contribution in [3.63, 3.8) is 0 Å². The number of ether oxygens (including phenoxy) is 1. The maximum atomic E-state index is 13.3. The molecule has 1 saturated heterocycles. The Morgan fingerprint density at radius 2 is 1.69 bits per heavy atom. The molecule has 1 amide bonds. The van der Waals surface area contributed by atoms with E-state index in [0.29, 0.717) is 0 Å². The summed E-state index contributed by atoms with van der Waals surface area (Å²) in [7, 11) is 3.72. The highest BCUT2D eigenvalue weighted by Crippen LogP contribution is 2.22. The van der Waals surface area contributed by atoms with Crippen molar-refractivity contribution in [2.45, 2.75) is 19.4 Å². The summed E-state index contributed by atoms with van der Waals surface area (Å²) in [4.78, 5) is 19.9. The van der Waals surface area contributed by atoms with Crippen LogP contribution in [0.2, 0.25) is 0 Å². The van der Waals surface area contributed by atoms with E-state index < -0.39 is 0 Å². The number of nitrogens with zero attached hydrogens (tertiary/aromatic N) is 3. The van der Waals surface area contributed by atoms with E-state index in [-0.39, 0.29) is 11.9 Å². The molecule has 0 bridgehead atoms. The van der Waals surface area contributed by atoms with Gasteiger partial charge in [0.25, 0.3) is 0 Å². The molecule has 1 unspecified atom stereocenters. The van der Waals surface area contributed by atoms with Gasteiger partial charge in [-0.3, -0.25) is 14.6 Å². The van der Waals surface area contributed by atoms with Gasteiger partial charge in [0.15, 0.2) is 0 Å². The van der Waals surface area contributed by atoms with Crippen LogP contribution in [0.4, 0.5) is 0 Å². The Morgan fingerprint density at radius 3 is 2.28 bits per heavy atom. The molecule has 0 saturated carbocycles. The van der Waals surface area contributed by atoms with Crippen LogP contribution in [-0.2, 0) is 11.2 Å². The van der Waals surface area contributed by atoms with Crippen molar-refractivity contribution in [2.24, 2.45) is 0 Å². The first-order chi connectivity index (χ1) is 14.1. The van der Waals surface area contributed by atoms with Gasteiger partial charge in [0.1, 0.15) is 11.8 Å². The fourth-order valence-corrected chi connectivity index (χ4v) is 3.85. The highest BCUT2D eigenvalue weighted by atomic mass is 16.5. The molecule has 5 heteroatoms. The Morgan fingerprint density at radius 1 is 1.03 bits per heavy atom. The van der Waals surface area contributed by atoms with Gasteiger partial charge in [0.05, 0.1) is 7.11 Å².